The molecule has 4 amide bonds. The van der Waals surface area contributed by atoms with Crippen molar-refractivity contribution in [2.24, 2.45) is 0 Å². The minimum Gasteiger partial charge on any atom is -0.379 e. The van der Waals surface area contributed by atoms with E-state index in [2.05, 4.69) is 10.6 Å². The number of Topliss-reactive ketones (excluding diaryl/α,β-unsaturated/α-hetero) is 4. The number of imide groups is 1. The predicted molar refractivity (Wildman–Crippen MR) is 154 cm³/mol. The number of likely N-dealkylation sites (tertiary alicyclic amines) is 1. The molecular formula is C28H43N3O10S. The molecule has 0 aromatic heterocycles. The minimum absolute atomic E-state index is 0.0139. The first-order chi connectivity index (χ1) is 20.1. The molecule has 42 heavy (non-hydrogen) atoms. The standard InChI is InChI=1S/C28H43N3O10S/c1-3-20(32)18-29-26(37)9-7-23(35)19-30-25(36)8-6-22(34)11-14-41-16-15-40-13-4-5-21(33)10-12-31-27(38)17-24(42-2)28(31)39/h24H,3-19H2,1-2H3,(H,29,37)(H,30,36). The summed E-state index contributed by atoms with van der Waals surface area (Å²) in [4.78, 5) is 95.5. The second-order valence-electron chi connectivity index (χ2n) is 9.70. The van der Waals surface area contributed by atoms with Crippen LogP contribution in [-0.4, -0.2) is 109 Å². The summed E-state index contributed by atoms with van der Waals surface area (Å²) in [5.74, 6) is -1.93. The molecule has 1 unspecified atom stereocenters. The largest absolute Gasteiger partial charge is 0.379 e. The van der Waals surface area contributed by atoms with E-state index in [-0.39, 0.29) is 118 Å². The van der Waals surface area contributed by atoms with Gasteiger partial charge in [0.15, 0.2) is 11.6 Å². The van der Waals surface area contributed by atoms with Gasteiger partial charge in [-0.25, -0.2) is 0 Å². The maximum atomic E-state index is 12.1. The van der Waals surface area contributed by atoms with Gasteiger partial charge in [0.25, 0.3) is 0 Å². The molecule has 13 nitrogen and oxygen atoms in total. The average molecular weight is 614 g/mol. The number of rotatable bonds is 25. The van der Waals surface area contributed by atoms with Crippen LogP contribution in [0.2, 0.25) is 0 Å². The Labute approximate surface area is 250 Å². The number of nitrogens with one attached hydrogen (secondary N) is 2. The summed E-state index contributed by atoms with van der Waals surface area (Å²) in [6.07, 6.45) is 3.19. The second kappa shape index (κ2) is 21.7. The van der Waals surface area contributed by atoms with Crippen LogP contribution in [0.1, 0.15) is 71.1 Å². The number of hydrogen-bond acceptors (Lipinski definition) is 11. The van der Waals surface area contributed by atoms with Crippen molar-refractivity contribution in [1.82, 2.24) is 15.5 Å². The van der Waals surface area contributed by atoms with Gasteiger partial charge in [0.1, 0.15) is 11.6 Å². The molecule has 0 saturated carbocycles. The summed E-state index contributed by atoms with van der Waals surface area (Å²) in [5, 5.41) is 4.51. The number of thioether (sulfide) groups is 1. The van der Waals surface area contributed by atoms with Crippen LogP contribution < -0.4 is 10.6 Å². The highest BCUT2D eigenvalue weighted by Crippen LogP contribution is 2.23. The first kappa shape index (κ1) is 37.1. The SMILES string of the molecule is CCC(=O)CNC(=O)CCC(=O)CNC(=O)CCC(=O)CCOCCOCCCC(=O)CCN1C(=O)CC(SC)C1=O. The minimum atomic E-state index is -0.440. The molecule has 1 atom stereocenters. The first-order valence-electron chi connectivity index (χ1n) is 14.2. The molecule has 0 bridgehead atoms. The summed E-state index contributed by atoms with van der Waals surface area (Å²) in [7, 11) is 0. The van der Waals surface area contributed by atoms with Gasteiger partial charge in [-0.3, -0.25) is 43.3 Å². The first-order valence-corrected chi connectivity index (χ1v) is 15.5. The molecule has 0 aromatic rings. The summed E-state index contributed by atoms with van der Waals surface area (Å²) in [6, 6.07) is 0. The molecular weight excluding hydrogens is 570 g/mol. The Morgan fingerprint density at radius 2 is 1.31 bits per heavy atom. The molecule has 0 radical (unpaired) electrons. The van der Waals surface area contributed by atoms with Gasteiger partial charge < -0.3 is 20.1 Å². The van der Waals surface area contributed by atoms with Crippen LogP contribution in [0.5, 0.6) is 0 Å². The molecule has 0 aliphatic carbocycles. The van der Waals surface area contributed by atoms with Crippen molar-refractivity contribution in [2.75, 3.05) is 52.3 Å². The fraction of sp³-hybridized carbons (Fsp3) is 0.714. The van der Waals surface area contributed by atoms with Crippen LogP contribution in [0.4, 0.5) is 0 Å². The number of carbonyl (C=O) groups excluding carboxylic acids is 8. The Bertz CT molecular complexity index is 972. The summed E-state index contributed by atoms with van der Waals surface area (Å²) in [5.41, 5.74) is 0. The van der Waals surface area contributed by atoms with Crippen LogP contribution >= 0.6 is 11.8 Å². The van der Waals surface area contributed by atoms with E-state index < -0.39 is 11.8 Å². The Morgan fingerprint density at radius 3 is 1.90 bits per heavy atom. The third kappa shape index (κ3) is 16.5. The van der Waals surface area contributed by atoms with E-state index in [0.29, 0.717) is 32.5 Å². The van der Waals surface area contributed by atoms with E-state index >= 15 is 0 Å². The molecule has 0 aromatic carbocycles. The molecule has 1 rings (SSSR count). The maximum absolute atomic E-state index is 12.1. The summed E-state index contributed by atoms with van der Waals surface area (Å²) >= 11 is 1.34. The van der Waals surface area contributed by atoms with Crippen molar-refractivity contribution in [1.29, 1.82) is 0 Å². The zero-order chi connectivity index (χ0) is 31.3. The van der Waals surface area contributed by atoms with Crippen molar-refractivity contribution < 1.29 is 47.8 Å². The van der Waals surface area contributed by atoms with E-state index in [4.69, 9.17) is 9.47 Å². The van der Waals surface area contributed by atoms with E-state index in [1.54, 1.807) is 13.2 Å². The van der Waals surface area contributed by atoms with Gasteiger partial charge in [0.05, 0.1) is 38.2 Å². The molecule has 2 N–H and O–H groups in total. The lowest BCUT2D eigenvalue weighted by molar-refractivity contribution is -0.138. The Balaban J connectivity index is 1.96. The smallest absolute Gasteiger partial charge is 0.242 e. The second-order valence-corrected chi connectivity index (χ2v) is 10.7. The number of ketones is 4. The maximum Gasteiger partial charge on any atom is 0.242 e. The van der Waals surface area contributed by atoms with Crippen LogP contribution in [0.15, 0.2) is 0 Å². The van der Waals surface area contributed by atoms with Gasteiger partial charge in [-0.05, 0) is 12.7 Å². The van der Waals surface area contributed by atoms with Crippen LogP contribution in [0.3, 0.4) is 0 Å². The van der Waals surface area contributed by atoms with Gasteiger partial charge in [0, 0.05) is 70.9 Å². The summed E-state index contributed by atoms with van der Waals surface area (Å²) < 4.78 is 10.8. The van der Waals surface area contributed by atoms with Crippen molar-refractivity contribution in [3.63, 3.8) is 0 Å². The van der Waals surface area contributed by atoms with Crippen LogP contribution in [0.25, 0.3) is 0 Å². The van der Waals surface area contributed by atoms with Gasteiger partial charge in [-0.2, -0.15) is 11.8 Å². The third-order valence-electron chi connectivity index (χ3n) is 6.36. The summed E-state index contributed by atoms with van der Waals surface area (Å²) in [6.45, 7) is 2.62. The number of ether oxygens (including phenoxy) is 2. The van der Waals surface area contributed by atoms with E-state index in [1.807, 2.05) is 0 Å². The average Bonchev–Trinajstić information content (AvgIpc) is 3.25. The number of nitrogens with zero attached hydrogens (tertiary/aromatic N) is 1. The lowest BCUT2D eigenvalue weighted by atomic mass is 10.1. The highest BCUT2D eigenvalue weighted by Gasteiger charge is 2.37. The zero-order valence-electron chi connectivity index (χ0n) is 24.5. The van der Waals surface area contributed by atoms with Gasteiger partial charge >= 0.3 is 0 Å². The quantitative estimate of drug-likeness (QED) is 0.108. The lowest BCUT2D eigenvalue weighted by Crippen LogP contribution is -2.33. The van der Waals surface area contributed by atoms with Crippen molar-refractivity contribution >= 4 is 58.5 Å². The third-order valence-corrected chi connectivity index (χ3v) is 7.30. The molecule has 0 spiro atoms. The molecule has 1 saturated heterocycles. The normalized spacial score (nSPS) is 14.6. The van der Waals surface area contributed by atoms with Crippen LogP contribution in [-0.2, 0) is 47.8 Å². The lowest BCUT2D eigenvalue weighted by Gasteiger charge is -2.13. The van der Waals surface area contributed by atoms with E-state index in [1.165, 1.54) is 16.7 Å². The Morgan fingerprint density at radius 1 is 0.738 bits per heavy atom. The van der Waals surface area contributed by atoms with Gasteiger partial charge in [-0.15, -0.1) is 0 Å². The monoisotopic (exact) mass is 613 g/mol. The fourth-order valence-electron chi connectivity index (χ4n) is 3.73. The molecule has 1 aliphatic rings. The Hall–Kier alpha value is -2.97. The zero-order valence-corrected chi connectivity index (χ0v) is 25.4. The van der Waals surface area contributed by atoms with E-state index in [9.17, 15) is 38.4 Å². The highest BCUT2D eigenvalue weighted by atomic mass is 32.2. The van der Waals surface area contributed by atoms with Gasteiger partial charge in [-0.1, -0.05) is 6.92 Å². The highest BCUT2D eigenvalue weighted by molar-refractivity contribution is 8.00. The topological polar surface area (TPSA) is 182 Å². The molecule has 1 heterocycles. The van der Waals surface area contributed by atoms with Crippen LogP contribution in [0, 0.1) is 0 Å². The number of hydrogen-bond donors (Lipinski definition) is 2. The number of amides is 4. The van der Waals surface area contributed by atoms with E-state index in [0.717, 1.165) is 0 Å². The van der Waals surface area contributed by atoms with Crippen molar-refractivity contribution in [3.8, 4) is 0 Å². The molecule has 1 fully saturated rings. The molecule has 236 valence electrons. The van der Waals surface area contributed by atoms with Crippen molar-refractivity contribution in [3.05, 3.63) is 0 Å². The fourth-order valence-corrected chi connectivity index (χ4v) is 4.37. The predicted octanol–water partition coefficient (Wildman–Crippen LogP) is 0.550. The van der Waals surface area contributed by atoms with Crippen molar-refractivity contribution in [2.45, 2.75) is 76.4 Å². The molecule has 1 aliphatic heterocycles. The number of carbonyl (C=O) groups is 8. The van der Waals surface area contributed by atoms with Gasteiger partial charge in [0.2, 0.25) is 23.6 Å². The molecule has 14 heteroatoms. The Kier molecular flexibility index (Phi) is 19.1.